The van der Waals surface area contributed by atoms with Crippen LogP contribution in [0.15, 0.2) is 34.0 Å². The first kappa shape index (κ1) is 61.7. The fraction of sp³-hybridized carbons (Fsp3) is 0.786. The van der Waals surface area contributed by atoms with Crippen molar-refractivity contribution in [3.63, 3.8) is 0 Å². The van der Waals surface area contributed by atoms with E-state index in [0.717, 1.165) is 0 Å². The van der Waals surface area contributed by atoms with Gasteiger partial charge in [-0.3, -0.25) is 14.4 Å². The Balaban J connectivity index is 0.000000276. The van der Waals surface area contributed by atoms with E-state index in [2.05, 4.69) is 0 Å². The molecule has 70 heavy (non-hydrogen) atoms. The molecule has 0 spiro atoms. The molecule has 0 saturated heterocycles. The van der Waals surface area contributed by atoms with Crippen LogP contribution in [0.4, 0.5) is 92.2 Å². The van der Waals surface area contributed by atoms with Gasteiger partial charge in [-0.25, -0.2) is 0 Å². The van der Waals surface area contributed by atoms with Crippen molar-refractivity contribution in [2.24, 2.45) is 50.2 Å². The molecule has 0 amide bonds. The molecule has 28 heteroatoms. The maximum atomic E-state index is 13.7. The summed E-state index contributed by atoms with van der Waals surface area (Å²) in [6.45, 7) is 13.6. The van der Waals surface area contributed by atoms with Crippen molar-refractivity contribution in [3.05, 3.63) is 34.0 Å². The van der Waals surface area contributed by atoms with Crippen LogP contribution in [0.2, 0.25) is 0 Å². The molecular formula is C42H45ErF21O6. The number of allylic oxidation sites excluding steroid dienone is 6. The van der Waals surface area contributed by atoms with E-state index in [0.29, 0.717) is 19.3 Å². The second-order valence-corrected chi connectivity index (χ2v) is 20.6. The van der Waals surface area contributed by atoms with Gasteiger partial charge in [-0.05, 0) is 72.5 Å². The number of carbonyl (C=O) groups is 3. The van der Waals surface area contributed by atoms with Gasteiger partial charge in [0, 0.05) is 70.3 Å². The normalized spacial score (nSPS) is 32.8. The number of hydrogen-bond acceptors (Lipinski definition) is 6. The minimum absolute atomic E-state index is 0. The van der Waals surface area contributed by atoms with Gasteiger partial charge in [-0.15, -0.1) is 0 Å². The molecule has 6 nitrogen and oxygen atoms in total. The van der Waals surface area contributed by atoms with E-state index in [-0.39, 0.29) is 56.6 Å². The fourth-order valence-corrected chi connectivity index (χ4v) is 10.9. The smallest absolute Gasteiger partial charge is 0.460 e. The number of alkyl halides is 21. The van der Waals surface area contributed by atoms with Crippen LogP contribution in [0.1, 0.15) is 101 Å². The van der Waals surface area contributed by atoms with Crippen molar-refractivity contribution in [2.75, 3.05) is 0 Å². The molecule has 0 aromatic carbocycles. The fourth-order valence-electron chi connectivity index (χ4n) is 10.9. The first-order valence-corrected chi connectivity index (χ1v) is 20.5. The molecule has 408 valence electrons. The topological polar surface area (TPSA) is 112 Å². The van der Waals surface area contributed by atoms with Crippen LogP contribution in [0.25, 0.3) is 0 Å². The Morgan fingerprint density at radius 3 is 0.643 bits per heavy atom. The first-order chi connectivity index (χ1) is 30.1. The Hall–Kier alpha value is -2.59. The van der Waals surface area contributed by atoms with Gasteiger partial charge in [-0.2, -0.15) is 92.2 Å². The van der Waals surface area contributed by atoms with Gasteiger partial charge < -0.3 is 15.3 Å². The third kappa shape index (κ3) is 7.81. The van der Waals surface area contributed by atoms with Crippen molar-refractivity contribution in [1.29, 1.82) is 0 Å². The van der Waals surface area contributed by atoms with E-state index in [1.807, 2.05) is 0 Å². The summed E-state index contributed by atoms with van der Waals surface area (Å²) in [4.78, 5) is 36.9. The number of aliphatic hydroxyl groups is 3. The molecule has 3 N–H and O–H groups in total. The maximum absolute atomic E-state index is 13.7. The van der Waals surface area contributed by atoms with Crippen molar-refractivity contribution < 1.29 is 159 Å². The number of halogens is 21. The number of Topliss-reactive ketones (excluding diaryl/α,β-unsaturated/α-hetero) is 3. The van der Waals surface area contributed by atoms with Gasteiger partial charge in [0.15, 0.2) is 34.6 Å². The zero-order valence-corrected chi connectivity index (χ0v) is 39.6. The average molecular weight is 1210 g/mol. The van der Waals surface area contributed by atoms with Gasteiger partial charge in [0.25, 0.3) is 0 Å². The Morgan fingerprint density at radius 2 is 0.529 bits per heavy atom. The standard InChI is InChI=1S/3C14H15F7O2.Er/c3*1-10(2)6-4-5-11(10,3)8(22)7(6)9(23)12(15,16)13(17,18)14(19,20)21;/h3*6,23H,4-5H2,1-3H3;/b9-7+;2*9-7-;/t3*6-,11+;/m000./s1. The van der Waals surface area contributed by atoms with E-state index in [1.54, 1.807) is 41.5 Å². The van der Waals surface area contributed by atoms with E-state index in [4.69, 9.17) is 0 Å². The second kappa shape index (κ2) is 17.0. The summed E-state index contributed by atoms with van der Waals surface area (Å²) in [5, 5.41) is 28.6. The number of hydrogen-bond donors (Lipinski definition) is 3. The number of fused-ring (bicyclic) bond motifs is 6. The summed E-state index contributed by atoms with van der Waals surface area (Å²) in [7, 11) is 0. The third-order valence-electron chi connectivity index (χ3n) is 16.9. The molecule has 6 rings (SSSR count). The number of aliphatic hydroxyl groups excluding tert-OH is 3. The summed E-state index contributed by atoms with van der Waals surface area (Å²) in [6.07, 6.45) is -18.3. The Kier molecular flexibility index (Phi) is 15.0. The van der Waals surface area contributed by atoms with E-state index in [9.17, 15) is 122 Å². The van der Waals surface area contributed by atoms with E-state index in [1.165, 1.54) is 20.8 Å². The molecule has 0 aromatic heterocycles. The molecular weight excluding hydrogens is 1170 g/mol. The zero-order valence-electron chi connectivity index (χ0n) is 37.8. The second-order valence-electron chi connectivity index (χ2n) is 20.6. The molecule has 0 unspecified atom stereocenters. The summed E-state index contributed by atoms with van der Waals surface area (Å²) < 4.78 is 271. The van der Waals surface area contributed by atoms with Crippen LogP contribution in [-0.4, -0.2) is 86.7 Å². The van der Waals surface area contributed by atoms with Crippen LogP contribution in [0, 0.1) is 87.5 Å². The van der Waals surface area contributed by atoms with Crippen LogP contribution in [0.3, 0.4) is 0 Å². The Labute approximate surface area is 414 Å². The average Bonchev–Trinajstić information content (AvgIpc) is 3.79. The largest absolute Gasteiger partial charge is 0.506 e. The molecule has 6 fully saturated rings. The quantitative estimate of drug-likeness (QED) is 0.139. The van der Waals surface area contributed by atoms with Gasteiger partial charge in [0.2, 0.25) is 0 Å². The van der Waals surface area contributed by atoms with Gasteiger partial charge in [-0.1, -0.05) is 62.3 Å². The molecule has 6 aliphatic carbocycles. The molecule has 0 aromatic rings. The molecule has 0 aliphatic heterocycles. The minimum Gasteiger partial charge on any atom is -0.506 e. The SMILES string of the molecule is CC1(C)[C@H]2CC[C@]1(C)C(=O)/C2=C(/O)C(F)(F)C(F)(F)C(F)(F)F.CC1(C)[C@H]2CC[C@]1(C)C(=O)/C2=C(\O)C(F)(F)C(F)(F)C(F)(F)F.CC1(C)[C@H]2CC[C@]1(C)C(=O)/C2=C(\O)C(F)(F)C(F)(F)C(F)(F)F.[Er]. The minimum atomic E-state index is -6.56. The maximum Gasteiger partial charge on any atom is 0.460 e. The third-order valence-corrected chi connectivity index (χ3v) is 16.9. The molecule has 6 aliphatic rings. The van der Waals surface area contributed by atoms with Crippen molar-refractivity contribution >= 4 is 17.3 Å². The summed E-state index contributed by atoms with van der Waals surface area (Å²) in [5.41, 5.74) is -9.29. The predicted octanol–water partition coefficient (Wildman–Crippen LogP) is 14.0. The molecule has 6 saturated carbocycles. The summed E-state index contributed by atoms with van der Waals surface area (Å²) in [6, 6.07) is 0. The number of ketones is 3. The molecule has 0 radical (unpaired) electrons. The van der Waals surface area contributed by atoms with Crippen LogP contribution < -0.4 is 0 Å². The predicted molar refractivity (Wildman–Crippen MR) is 196 cm³/mol. The van der Waals surface area contributed by atoms with Crippen LogP contribution in [-0.2, 0) is 14.4 Å². The van der Waals surface area contributed by atoms with Gasteiger partial charge in [0.1, 0.15) is 0 Å². The van der Waals surface area contributed by atoms with Gasteiger partial charge in [0.05, 0.1) is 0 Å². The van der Waals surface area contributed by atoms with Crippen LogP contribution in [0.5, 0.6) is 0 Å². The molecule has 6 bridgehead atoms. The Bertz CT molecular complexity index is 2020. The monoisotopic (exact) mass is 1210 g/mol. The van der Waals surface area contributed by atoms with E-state index >= 15 is 0 Å². The Morgan fingerprint density at radius 1 is 0.371 bits per heavy atom. The summed E-state index contributed by atoms with van der Waals surface area (Å²) in [5.74, 6) is -50.5. The van der Waals surface area contributed by atoms with Gasteiger partial charge >= 0.3 is 54.1 Å². The van der Waals surface area contributed by atoms with Crippen molar-refractivity contribution in [2.45, 2.75) is 155 Å². The molecule has 0 heterocycles. The van der Waals surface area contributed by atoms with Crippen LogP contribution >= 0.6 is 0 Å². The first-order valence-electron chi connectivity index (χ1n) is 20.5. The molecule has 6 atom stereocenters. The van der Waals surface area contributed by atoms with Crippen molar-refractivity contribution in [3.8, 4) is 0 Å². The summed E-state index contributed by atoms with van der Waals surface area (Å²) >= 11 is 0. The van der Waals surface area contributed by atoms with E-state index < -0.39 is 156 Å². The zero-order chi connectivity index (χ0) is 54.7. The number of carbonyl (C=O) groups excluding carboxylic acids is 3. The number of rotatable bonds is 6. The van der Waals surface area contributed by atoms with Crippen molar-refractivity contribution in [1.82, 2.24) is 0 Å².